The summed E-state index contributed by atoms with van der Waals surface area (Å²) in [5.74, 6) is 5.64. The SMILES string of the molecule is CNC(=O)c1cccc(C#Cc2cccc(C(=O)N[C@@H](CO)Cc3c[nH]c4ccccc34)c2)c1. The third kappa shape index (κ3) is 5.34. The molecule has 0 aliphatic rings. The van der Waals surface area contributed by atoms with Gasteiger partial charge in [0.25, 0.3) is 11.8 Å². The Morgan fingerprint density at radius 3 is 2.21 bits per heavy atom. The molecule has 4 rings (SSSR count). The number of hydrogen-bond acceptors (Lipinski definition) is 3. The molecule has 0 saturated carbocycles. The van der Waals surface area contributed by atoms with Gasteiger partial charge in [0.2, 0.25) is 0 Å². The summed E-state index contributed by atoms with van der Waals surface area (Å²) in [6, 6.07) is 21.6. The normalized spacial score (nSPS) is 11.4. The molecule has 6 nitrogen and oxygen atoms in total. The number of carbonyl (C=O) groups excluding carboxylic acids is 2. The zero-order valence-electron chi connectivity index (χ0n) is 18.8. The van der Waals surface area contributed by atoms with Crippen molar-refractivity contribution in [2.45, 2.75) is 12.5 Å². The van der Waals surface area contributed by atoms with Crippen LogP contribution < -0.4 is 10.6 Å². The number of carbonyl (C=O) groups is 2. The second kappa shape index (κ2) is 10.5. The quantitative estimate of drug-likeness (QED) is 0.339. The Morgan fingerprint density at radius 2 is 1.56 bits per heavy atom. The first-order valence-corrected chi connectivity index (χ1v) is 11.0. The second-order valence-electron chi connectivity index (χ2n) is 7.91. The van der Waals surface area contributed by atoms with Crippen molar-refractivity contribution in [3.63, 3.8) is 0 Å². The number of para-hydroxylation sites is 1. The summed E-state index contributed by atoms with van der Waals surface area (Å²) >= 11 is 0. The topological polar surface area (TPSA) is 94.2 Å². The average Bonchev–Trinajstić information content (AvgIpc) is 3.29. The molecule has 3 aromatic carbocycles. The highest BCUT2D eigenvalue weighted by atomic mass is 16.3. The predicted molar refractivity (Wildman–Crippen MR) is 133 cm³/mol. The first kappa shape index (κ1) is 22.8. The van der Waals surface area contributed by atoms with E-state index in [0.717, 1.165) is 16.5 Å². The van der Waals surface area contributed by atoms with Crippen molar-refractivity contribution in [2.24, 2.45) is 0 Å². The van der Waals surface area contributed by atoms with Gasteiger partial charge in [-0.25, -0.2) is 0 Å². The minimum atomic E-state index is -0.422. The molecule has 4 N–H and O–H groups in total. The Balaban J connectivity index is 1.46. The van der Waals surface area contributed by atoms with E-state index in [1.165, 1.54) is 0 Å². The fourth-order valence-electron chi connectivity index (χ4n) is 3.76. The highest BCUT2D eigenvalue weighted by molar-refractivity contribution is 5.95. The highest BCUT2D eigenvalue weighted by Gasteiger charge is 2.16. The van der Waals surface area contributed by atoms with Gasteiger partial charge < -0.3 is 20.7 Å². The molecule has 0 saturated heterocycles. The molecule has 0 aliphatic heterocycles. The van der Waals surface area contributed by atoms with Crippen LogP contribution in [-0.4, -0.2) is 41.6 Å². The zero-order chi connectivity index (χ0) is 23.9. The number of amides is 2. The maximum absolute atomic E-state index is 12.9. The molecule has 34 heavy (non-hydrogen) atoms. The van der Waals surface area contributed by atoms with E-state index in [1.54, 1.807) is 43.4 Å². The van der Waals surface area contributed by atoms with Crippen LogP contribution in [0.3, 0.4) is 0 Å². The molecule has 6 heteroatoms. The predicted octanol–water partition coefficient (Wildman–Crippen LogP) is 3.26. The maximum atomic E-state index is 12.9. The van der Waals surface area contributed by atoms with Gasteiger partial charge in [-0.15, -0.1) is 0 Å². The summed E-state index contributed by atoms with van der Waals surface area (Å²) in [7, 11) is 1.58. The molecule has 1 aromatic heterocycles. The number of rotatable bonds is 6. The minimum Gasteiger partial charge on any atom is -0.394 e. The van der Waals surface area contributed by atoms with E-state index in [-0.39, 0.29) is 18.4 Å². The van der Waals surface area contributed by atoms with Gasteiger partial charge in [0.15, 0.2) is 0 Å². The van der Waals surface area contributed by atoms with E-state index in [1.807, 2.05) is 42.6 Å². The number of aromatic nitrogens is 1. The van der Waals surface area contributed by atoms with Crippen molar-refractivity contribution in [3.05, 3.63) is 107 Å². The maximum Gasteiger partial charge on any atom is 0.251 e. The number of fused-ring (bicyclic) bond motifs is 1. The Bertz CT molecular complexity index is 1390. The van der Waals surface area contributed by atoms with Gasteiger partial charge in [-0.3, -0.25) is 9.59 Å². The number of aliphatic hydroxyl groups is 1. The molecular formula is C28H25N3O3. The molecule has 0 fully saturated rings. The Kier molecular flexibility index (Phi) is 7.07. The largest absolute Gasteiger partial charge is 0.394 e. The van der Waals surface area contributed by atoms with Crippen molar-refractivity contribution < 1.29 is 14.7 Å². The van der Waals surface area contributed by atoms with E-state index in [0.29, 0.717) is 28.7 Å². The number of aromatic amines is 1. The van der Waals surface area contributed by atoms with Crippen molar-refractivity contribution in [2.75, 3.05) is 13.7 Å². The number of benzene rings is 3. The van der Waals surface area contributed by atoms with Gasteiger partial charge in [0, 0.05) is 46.4 Å². The van der Waals surface area contributed by atoms with Crippen LogP contribution >= 0.6 is 0 Å². The van der Waals surface area contributed by atoms with Crippen molar-refractivity contribution >= 4 is 22.7 Å². The van der Waals surface area contributed by atoms with Crippen LogP contribution in [0, 0.1) is 11.8 Å². The Labute approximate surface area is 198 Å². The monoisotopic (exact) mass is 451 g/mol. The summed E-state index contributed by atoms with van der Waals surface area (Å²) in [6.45, 7) is -0.174. The molecule has 0 aliphatic carbocycles. The van der Waals surface area contributed by atoms with Crippen molar-refractivity contribution in [1.82, 2.24) is 15.6 Å². The van der Waals surface area contributed by atoms with Crippen LogP contribution in [0.5, 0.6) is 0 Å². The van der Waals surface area contributed by atoms with Gasteiger partial charge in [0.05, 0.1) is 12.6 Å². The van der Waals surface area contributed by atoms with E-state index in [2.05, 4.69) is 27.5 Å². The summed E-state index contributed by atoms with van der Waals surface area (Å²) in [5, 5.41) is 16.4. The smallest absolute Gasteiger partial charge is 0.251 e. The molecule has 1 heterocycles. The van der Waals surface area contributed by atoms with E-state index in [9.17, 15) is 14.7 Å². The standard InChI is InChI=1S/C28H25N3O3/c1-29-27(33)21-8-4-6-19(14-21)12-13-20-7-5-9-22(15-20)28(34)31-24(18-32)16-23-17-30-26-11-3-2-10-25(23)26/h2-11,14-15,17,24,30,32H,16,18H2,1H3,(H,29,33)(H,31,34)/t24-/m1/s1. The lowest BCUT2D eigenvalue weighted by Crippen LogP contribution is -2.39. The van der Waals surface area contributed by atoms with Gasteiger partial charge in [-0.1, -0.05) is 42.2 Å². The first-order valence-electron chi connectivity index (χ1n) is 11.0. The first-order chi connectivity index (χ1) is 16.6. The van der Waals surface area contributed by atoms with Crippen LogP contribution in [0.4, 0.5) is 0 Å². The number of H-pyrrole nitrogens is 1. The van der Waals surface area contributed by atoms with Crippen LogP contribution in [0.15, 0.2) is 79.0 Å². The van der Waals surface area contributed by atoms with Gasteiger partial charge in [-0.05, 0) is 54.4 Å². The molecular weight excluding hydrogens is 426 g/mol. The number of aliphatic hydroxyl groups excluding tert-OH is 1. The second-order valence-corrected chi connectivity index (χ2v) is 7.91. The average molecular weight is 452 g/mol. The van der Waals surface area contributed by atoms with Gasteiger partial charge >= 0.3 is 0 Å². The summed E-state index contributed by atoms with van der Waals surface area (Å²) in [5.41, 5.74) is 4.43. The van der Waals surface area contributed by atoms with Crippen LogP contribution in [0.1, 0.15) is 37.4 Å². The summed E-state index contributed by atoms with van der Waals surface area (Å²) in [6.07, 6.45) is 2.42. The highest BCUT2D eigenvalue weighted by Crippen LogP contribution is 2.19. The van der Waals surface area contributed by atoms with Crippen LogP contribution in [0.25, 0.3) is 10.9 Å². The molecule has 4 aromatic rings. The molecule has 2 amide bonds. The molecule has 0 bridgehead atoms. The fourth-order valence-corrected chi connectivity index (χ4v) is 3.76. The van der Waals surface area contributed by atoms with E-state index < -0.39 is 6.04 Å². The lowest BCUT2D eigenvalue weighted by Gasteiger charge is -2.16. The fraction of sp³-hybridized carbons (Fsp3) is 0.143. The van der Waals surface area contributed by atoms with Crippen LogP contribution in [-0.2, 0) is 6.42 Å². The molecule has 0 spiro atoms. The number of nitrogens with one attached hydrogen (secondary N) is 3. The molecule has 0 radical (unpaired) electrons. The Morgan fingerprint density at radius 1 is 0.912 bits per heavy atom. The molecule has 170 valence electrons. The third-order valence-corrected chi connectivity index (χ3v) is 5.52. The summed E-state index contributed by atoms with van der Waals surface area (Å²) in [4.78, 5) is 27.9. The zero-order valence-corrected chi connectivity index (χ0v) is 18.8. The van der Waals surface area contributed by atoms with E-state index in [4.69, 9.17) is 0 Å². The Hall–Kier alpha value is -4.34. The minimum absolute atomic E-state index is 0.173. The molecule has 1 atom stereocenters. The van der Waals surface area contributed by atoms with E-state index >= 15 is 0 Å². The van der Waals surface area contributed by atoms with Gasteiger partial charge in [-0.2, -0.15) is 0 Å². The van der Waals surface area contributed by atoms with Crippen LogP contribution in [0.2, 0.25) is 0 Å². The number of hydrogen-bond donors (Lipinski definition) is 4. The van der Waals surface area contributed by atoms with Crippen molar-refractivity contribution in [1.29, 1.82) is 0 Å². The third-order valence-electron chi connectivity index (χ3n) is 5.52. The van der Waals surface area contributed by atoms with Gasteiger partial charge in [0.1, 0.15) is 0 Å². The lowest BCUT2D eigenvalue weighted by atomic mass is 10.0. The molecule has 0 unspecified atom stereocenters. The summed E-state index contributed by atoms with van der Waals surface area (Å²) < 4.78 is 0. The van der Waals surface area contributed by atoms with Crippen molar-refractivity contribution in [3.8, 4) is 11.8 Å². The lowest BCUT2D eigenvalue weighted by molar-refractivity contribution is 0.0915.